The molecule has 0 aliphatic carbocycles. The molecule has 0 spiro atoms. The van der Waals surface area contributed by atoms with Gasteiger partial charge in [0.05, 0.1) is 13.2 Å². The highest BCUT2D eigenvalue weighted by atomic mass is 16.6. The van der Waals surface area contributed by atoms with E-state index in [9.17, 15) is 9.59 Å². The normalized spacial score (nSPS) is 8.76. The van der Waals surface area contributed by atoms with Crippen molar-refractivity contribution in [3.05, 3.63) is 42.1 Å². The smallest absolute Gasteiger partial charge is 0.347 e. The highest BCUT2D eigenvalue weighted by Gasteiger charge is 2.20. The van der Waals surface area contributed by atoms with E-state index in [2.05, 4.69) is 5.32 Å². The zero-order chi connectivity index (χ0) is 16.1. The van der Waals surface area contributed by atoms with Gasteiger partial charge in [0.1, 0.15) is 0 Å². The molecule has 0 aromatic heterocycles. The Labute approximate surface area is 125 Å². The lowest BCUT2D eigenvalue weighted by molar-refractivity contribution is -0.146. The molecule has 0 saturated heterocycles. The van der Waals surface area contributed by atoms with Gasteiger partial charge in [0.25, 0.3) is 0 Å². The average Bonchev–Trinajstić information content (AvgIpc) is 2.51. The molecule has 0 aliphatic heterocycles. The van der Waals surface area contributed by atoms with Crippen LogP contribution in [0.25, 0.3) is 0 Å². The monoisotopic (exact) mass is 293 g/mol. The molecule has 0 atom stereocenters. The van der Waals surface area contributed by atoms with Crippen LogP contribution in [0.5, 0.6) is 0 Å². The summed E-state index contributed by atoms with van der Waals surface area (Å²) in [6.07, 6.45) is 1.30. The predicted octanol–water partition coefficient (Wildman–Crippen LogP) is 3.13. The molecule has 0 saturated carbocycles. The van der Waals surface area contributed by atoms with E-state index < -0.39 is 11.9 Å². The quantitative estimate of drug-likeness (QED) is 0.378. The van der Waals surface area contributed by atoms with E-state index in [1.807, 2.05) is 44.2 Å². The van der Waals surface area contributed by atoms with Crippen LogP contribution < -0.4 is 5.32 Å². The van der Waals surface area contributed by atoms with Crippen LogP contribution in [-0.2, 0) is 19.1 Å². The Morgan fingerprint density at radius 2 is 1.48 bits per heavy atom. The van der Waals surface area contributed by atoms with Crippen LogP contribution in [0.15, 0.2) is 42.1 Å². The fourth-order valence-corrected chi connectivity index (χ4v) is 1.31. The van der Waals surface area contributed by atoms with Gasteiger partial charge in [-0.2, -0.15) is 0 Å². The molecule has 0 heterocycles. The summed E-state index contributed by atoms with van der Waals surface area (Å²) in [5.41, 5.74) is 0.598. The minimum absolute atomic E-state index is 0.160. The number of nitrogens with one attached hydrogen (secondary N) is 1. The molecule has 116 valence electrons. The molecule has 0 bridgehead atoms. The number of carbonyl (C=O) groups is 2. The van der Waals surface area contributed by atoms with Gasteiger partial charge in [0.2, 0.25) is 0 Å². The largest absolute Gasteiger partial charge is 0.462 e. The number of esters is 2. The molecule has 0 radical (unpaired) electrons. The van der Waals surface area contributed by atoms with E-state index >= 15 is 0 Å². The molecule has 0 fully saturated rings. The summed E-state index contributed by atoms with van der Waals surface area (Å²) in [6, 6.07) is 9.16. The summed E-state index contributed by atoms with van der Waals surface area (Å²) in [6.45, 7) is 7.73. The summed E-state index contributed by atoms with van der Waals surface area (Å²) < 4.78 is 9.62. The van der Waals surface area contributed by atoms with Crippen LogP contribution in [0.4, 0.5) is 5.69 Å². The molecule has 0 aliphatic rings. The topological polar surface area (TPSA) is 64.6 Å². The van der Waals surface area contributed by atoms with Crippen molar-refractivity contribution in [3.63, 3.8) is 0 Å². The van der Waals surface area contributed by atoms with Gasteiger partial charge in [0.15, 0.2) is 5.57 Å². The minimum Gasteiger partial charge on any atom is -0.462 e. The van der Waals surface area contributed by atoms with Gasteiger partial charge in [-0.1, -0.05) is 32.0 Å². The van der Waals surface area contributed by atoms with E-state index in [1.54, 1.807) is 13.8 Å². The molecule has 1 aromatic carbocycles. The number of carbonyl (C=O) groups excluding carboxylic acids is 2. The van der Waals surface area contributed by atoms with E-state index in [0.29, 0.717) is 0 Å². The van der Waals surface area contributed by atoms with Gasteiger partial charge in [-0.05, 0) is 26.0 Å². The zero-order valence-corrected chi connectivity index (χ0v) is 13.0. The summed E-state index contributed by atoms with van der Waals surface area (Å²) in [5, 5.41) is 2.86. The maximum atomic E-state index is 11.6. The van der Waals surface area contributed by atoms with Crippen molar-refractivity contribution in [3.8, 4) is 0 Å². The molecule has 1 rings (SSSR count). The molecule has 0 amide bonds. The lowest BCUT2D eigenvalue weighted by Crippen LogP contribution is -2.19. The summed E-state index contributed by atoms with van der Waals surface area (Å²) in [4.78, 5) is 23.3. The summed E-state index contributed by atoms with van der Waals surface area (Å²) >= 11 is 0. The van der Waals surface area contributed by atoms with Gasteiger partial charge >= 0.3 is 11.9 Å². The second kappa shape index (κ2) is 11.5. The van der Waals surface area contributed by atoms with Crippen molar-refractivity contribution in [2.24, 2.45) is 0 Å². The number of anilines is 1. The Morgan fingerprint density at radius 1 is 1.00 bits per heavy atom. The van der Waals surface area contributed by atoms with E-state index in [4.69, 9.17) is 9.47 Å². The first-order chi connectivity index (χ1) is 10.2. The molecule has 0 unspecified atom stereocenters. The van der Waals surface area contributed by atoms with E-state index in [0.717, 1.165) is 5.69 Å². The van der Waals surface area contributed by atoms with Gasteiger partial charge in [-0.3, -0.25) is 0 Å². The third-order valence-corrected chi connectivity index (χ3v) is 2.15. The summed E-state index contributed by atoms with van der Waals surface area (Å²) in [5.74, 6) is -1.41. The van der Waals surface area contributed by atoms with Crippen molar-refractivity contribution in [2.75, 3.05) is 18.5 Å². The molecule has 1 N–H and O–H groups in total. The van der Waals surface area contributed by atoms with E-state index in [1.165, 1.54) is 6.20 Å². The first-order valence-corrected chi connectivity index (χ1v) is 7.05. The van der Waals surface area contributed by atoms with Crippen LogP contribution in [0.2, 0.25) is 0 Å². The van der Waals surface area contributed by atoms with Crippen LogP contribution in [-0.4, -0.2) is 25.2 Å². The standard InChI is InChI=1S/C14H17NO4.C2H6/c1-3-18-13(16)12(14(17)19-4-2)10-15-11-8-6-5-7-9-11;1-2/h5-10,15H,3-4H2,1-2H3;1-2H3. The van der Waals surface area contributed by atoms with Crippen LogP contribution >= 0.6 is 0 Å². The number of benzene rings is 1. The lowest BCUT2D eigenvalue weighted by atomic mass is 10.3. The molecule has 1 aromatic rings. The van der Waals surface area contributed by atoms with Crippen molar-refractivity contribution in [1.29, 1.82) is 0 Å². The predicted molar refractivity (Wildman–Crippen MR) is 82.8 cm³/mol. The highest BCUT2D eigenvalue weighted by molar-refractivity contribution is 6.14. The molecule has 5 heteroatoms. The van der Waals surface area contributed by atoms with Crippen molar-refractivity contribution >= 4 is 17.6 Å². The number of rotatable bonds is 6. The number of hydrogen-bond donors (Lipinski definition) is 1. The molecular formula is C16H23NO4. The zero-order valence-electron chi connectivity index (χ0n) is 13.0. The molecular weight excluding hydrogens is 270 g/mol. The molecule has 21 heavy (non-hydrogen) atoms. The second-order valence-electron chi connectivity index (χ2n) is 3.51. The van der Waals surface area contributed by atoms with Crippen LogP contribution in [0.3, 0.4) is 0 Å². The maximum absolute atomic E-state index is 11.6. The lowest BCUT2D eigenvalue weighted by Gasteiger charge is -2.07. The third kappa shape index (κ3) is 7.15. The Kier molecular flexibility index (Phi) is 10.3. The summed E-state index contributed by atoms with van der Waals surface area (Å²) in [7, 11) is 0. The Balaban J connectivity index is 0.00000191. The Bertz CT molecular complexity index is 435. The number of ether oxygens (including phenoxy) is 2. The second-order valence-corrected chi connectivity index (χ2v) is 3.51. The SMILES string of the molecule is CC.CCOC(=O)C(=CNc1ccccc1)C(=O)OCC. The maximum Gasteiger partial charge on any atom is 0.347 e. The highest BCUT2D eigenvalue weighted by Crippen LogP contribution is 2.08. The fourth-order valence-electron chi connectivity index (χ4n) is 1.31. The van der Waals surface area contributed by atoms with Gasteiger partial charge in [-0.25, -0.2) is 9.59 Å². The Hall–Kier alpha value is -2.30. The van der Waals surface area contributed by atoms with Crippen LogP contribution in [0.1, 0.15) is 27.7 Å². The van der Waals surface area contributed by atoms with Gasteiger partial charge in [-0.15, -0.1) is 0 Å². The first kappa shape index (κ1) is 18.7. The Morgan fingerprint density at radius 3 is 1.90 bits per heavy atom. The minimum atomic E-state index is -0.704. The molecule has 5 nitrogen and oxygen atoms in total. The number of para-hydroxylation sites is 1. The fraction of sp³-hybridized carbons (Fsp3) is 0.375. The van der Waals surface area contributed by atoms with E-state index in [-0.39, 0.29) is 18.8 Å². The van der Waals surface area contributed by atoms with Gasteiger partial charge in [0, 0.05) is 11.9 Å². The third-order valence-electron chi connectivity index (χ3n) is 2.15. The average molecular weight is 293 g/mol. The van der Waals surface area contributed by atoms with Crippen molar-refractivity contribution in [2.45, 2.75) is 27.7 Å². The van der Waals surface area contributed by atoms with Crippen molar-refractivity contribution < 1.29 is 19.1 Å². The van der Waals surface area contributed by atoms with Crippen LogP contribution in [0, 0.1) is 0 Å². The number of hydrogen-bond acceptors (Lipinski definition) is 5. The first-order valence-electron chi connectivity index (χ1n) is 7.05. The van der Waals surface area contributed by atoms with Crippen molar-refractivity contribution in [1.82, 2.24) is 0 Å². The van der Waals surface area contributed by atoms with Gasteiger partial charge < -0.3 is 14.8 Å².